The SMILES string of the molecule is C#CN1C=CC=C/C1=C(/C)C(=O)N1CCC2(CC1)O[C@@H]1CC[C@@H](c3cc(F)cc(F)c3)N1C2=O. The highest BCUT2D eigenvalue weighted by atomic mass is 19.1. The average Bonchev–Trinajstić information content (AvgIpc) is 3.36. The molecule has 1 aromatic rings. The van der Waals surface area contributed by atoms with Gasteiger partial charge in [-0.2, -0.15) is 0 Å². The molecule has 6 nitrogen and oxygen atoms in total. The topological polar surface area (TPSA) is 53.1 Å². The summed E-state index contributed by atoms with van der Waals surface area (Å²) < 4.78 is 33.9. The lowest BCUT2D eigenvalue weighted by Gasteiger charge is -2.38. The van der Waals surface area contributed by atoms with Crippen LogP contribution in [0.1, 0.15) is 44.2 Å². The third-order valence-corrected chi connectivity index (χ3v) is 7.15. The van der Waals surface area contributed by atoms with Crippen LogP contribution >= 0.6 is 0 Å². The van der Waals surface area contributed by atoms with E-state index < -0.39 is 29.5 Å². The quantitative estimate of drug-likeness (QED) is 0.495. The number of rotatable bonds is 2. The number of amides is 2. The van der Waals surface area contributed by atoms with Crippen molar-refractivity contribution in [3.63, 3.8) is 0 Å². The number of carbonyl (C=O) groups excluding carboxylic acids is 2. The van der Waals surface area contributed by atoms with Gasteiger partial charge < -0.3 is 14.5 Å². The predicted molar refractivity (Wildman–Crippen MR) is 120 cm³/mol. The third-order valence-electron chi connectivity index (χ3n) is 7.15. The predicted octanol–water partition coefficient (Wildman–Crippen LogP) is 3.60. The molecule has 1 spiro atoms. The lowest BCUT2D eigenvalue weighted by atomic mass is 9.89. The number of terminal acetylenes is 1. The minimum absolute atomic E-state index is 0.135. The summed E-state index contributed by atoms with van der Waals surface area (Å²) in [6.45, 7) is 2.47. The highest BCUT2D eigenvalue weighted by molar-refractivity contribution is 5.95. The summed E-state index contributed by atoms with van der Waals surface area (Å²) in [5, 5.41) is 0. The largest absolute Gasteiger partial charge is 0.342 e. The smallest absolute Gasteiger partial charge is 0.257 e. The van der Waals surface area contributed by atoms with Gasteiger partial charge in [0.25, 0.3) is 11.8 Å². The van der Waals surface area contributed by atoms with Gasteiger partial charge >= 0.3 is 0 Å². The molecule has 0 saturated carbocycles. The minimum atomic E-state index is -1.01. The number of hydrogen-bond acceptors (Lipinski definition) is 4. The highest BCUT2D eigenvalue weighted by Gasteiger charge is 2.58. The van der Waals surface area contributed by atoms with Crippen LogP contribution in [0.5, 0.6) is 0 Å². The van der Waals surface area contributed by atoms with Crippen molar-refractivity contribution in [2.45, 2.75) is 50.5 Å². The Balaban J connectivity index is 1.30. The van der Waals surface area contributed by atoms with Crippen LogP contribution in [-0.4, -0.2) is 51.4 Å². The van der Waals surface area contributed by atoms with E-state index in [0.29, 0.717) is 55.6 Å². The summed E-state index contributed by atoms with van der Waals surface area (Å²) in [5.41, 5.74) is 0.610. The number of fused-ring (bicyclic) bond motifs is 1. The molecule has 0 bridgehead atoms. The first kappa shape index (κ1) is 22.4. The van der Waals surface area contributed by atoms with Gasteiger partial charge in [0, 0.05) is 49.8 Å². The molecule has 4 heterocycles. The fraction of sp³-hybridized carbons (Fsp3) is 0.385. The van der Waals surface area contributed by atoms with Crippen molar-refractivity contribution in [1.82, 2.24) is 14.7 Å². The number of halogens is 2. The molecule has 8 heteroatoms. The number of benzene rings is 1. The zero-order chi connectivity index (χ0) is 24.0. The van der Waals surface area contributed by atoms with E-state index in [2.05, 4.69) is 6.04 Å². The van der Waals surface area contributed by atoms with Crippen LogP contribution < -0.4 is 0 Å². The molecule has 0 unspecified atom stereocenters. The summed E-state index contributed by atoms with van der Waals surface area (Å²) in [4.78, 5) is 31.6. The maximum Gasteiger partial charge on any atom is 0.257 e. The molecule has 0 aromatic heterocycles. The minimum Gasteiger partial charge on any atom is -0.342 e. The lowest BCUT2D eigenvalue weighted by Crippen LogP contribution is -2.52. The molecule has 0 N–H and O–H groups in total. The van der Waals surface area contributed by atoms with E-state index in [1.807, 2.05) is 6.08 Å². The van der Waals surface area contributed by atoms with E-state index >= 15 is 0 Å². The van der Waals surface area contributed by atoms with E-state index in [1.165, 1.54) is 12.1 Å². The zero-order valence-corrected chi connectivity index (χ0v) is 18.8. The number of allylic oxidation sites excluding steroid dienone is 3. The molecule has 3 fully saturated rings. The van der Waals surface area contributed by atoms with E-state index in [-0.39, 0.29) is 11.8 Å². The molecule has 1 aromatic carbocycles. The maximum atomic E-state index is 13.8. The Morgan fingerprint density at radius 3 is 2.53 bits per heavy atom. The fourth-order valence-corrected chi connectivity index (χ4v) is 5.42. The molecule has 34 heavy (non-hydrogen) atoms. The molecular weight excluding hydrogens is 440 g/mol. The number of nitrogens with zero attached hydrogens (tertiary/aromatic N) is 3. The molecule has 0 radical (unpaired) electrons. The van der Waals surface area contributed by atoms with E-state index in [0.717, 1.165) is 6.07 Å². The molecule has 0 aliphatic carbocycles. The first-order valence-electron chi connectivity index (χ1n) is 11.4. The van der Waals surface area contributed by atoms with Gasteiger partial charge in [0.15, 0.2) is 5.60 Å². The molecule has 176 valence electrons. The van der Waals surface area contributed by atoms with Crippen LogP contribution in [0.3, 0.4) is 0 Å². The van der Waals surface area contributed by atoms with E-state index in [9.17, 15) is 18.4 Å². The highest BCUT2D eigenvalue weighted by Crippen LogP contribution is 2.47. The molecule has 2 atom stereocenters. The van der Waals surface area contributed by atoms with Gasteiger partial charge in [0.1, 0.15) is 17.9 Å². The van der Waals surface area contributed by atoms with Gasteiger partial charge in [0.05, 0.1) is 11.7 Å². The van der Waals surface area contributed by atoms with Crippen molar-refractivity contribution in [3.8, 4) is 12.5 Å². The average molecular weight is 466 g/mol. The third kappa shape index (κ3) is 3.61. The van der Waals surface area contributed by atoms with Crippen LogP contribution in [0.2, 0.25) is 0 Å². The molecule has 2 amide bonds. The normalized spacial score (nSPS) is 26.8. The Morgan fingerprint density at radius 2 is 1.85 bits per heavy atom. The summed E-state index contributed by atoms with van der Waals surface area (Å²) in [6, 6.07) is 5.49. The Morgan fingerprint density at radius 1 is 1.15 bits per heavy atom. The van der Waals surface area contributed by atoms with Gasteiger partial charge in [-0.05, 0) is 49.6 Å². The summed E-state index contributed by atoms with van der Waals surface area (Å²) in [6.07, 6.45) is 14.2. The first-order chi connectivity index (χ1) is 16.3. The van der Waals surface area contributed by atoms with Gasteiger partial charge in [0.2, 0.25) is 0 Å². The van der Waals surface area contributed by atoms with Gasteiger partial charge in [-0.15, -0.1) is 0 Å². The van der Waals surface area contributed by atoms with Crippen LogP contribution in [-0.2, 0) is 14.3 Å². The van der Waals surface area contributed by atoms with Crippen LogP contribution in [0.25, 0.3) is 0 Å². The van der Waals surface area contributed by atoms with Gasteiger partial charge in [-0.3, -0.25) is 14.5 Å². The second kappa shape index (κ2) is 8.41. The van der Waals surface area contributed by atoms with Crippen molar-refractivity contribution >= 4 is 11.8 Å². The fourth-order valence-electron chi connectivity index (χ4n) is 5.42. The van der Waals surface area contributed by atoms with Gasteiger partial charge in [-0.1, -0.05) is 12.5 Å². The summed E-state index contributed by atoms with van der Waals surface area (Å²) in [7, 11) is 0. The number of ether oxygens (including phenoxy) is 1. The van der Waals surface area contributed by atoms with E-state index in [1.54, 1.807) is 40.0 Å². The Labute approximate surface area is 197 Å². The maximum absolute atomic E-state index is 13.8. The Hall–Kier alpha value is -3.44. The Bertz CT molecular complexity index is 1150. The monoisotopic (exact) mass is 465 g/mol. The first-order valence-corrected chi connectivity index (χ1v) is 11.4. The molecular formula is C26H25F2N3O3. The molecule has 4 aliphatic heterocycles. The summed E-state index contributed by atoms with van der Waals surface area (Å²) >= 11 is 0. The van der Waals surface area contributed by atoms with Crippen molar-refractivity contribution in [1.29, 1.82) is 0 Å². The van der Waals surface area contributed by atoms with Crippen molar-refractivity contribution in [2.75, 3.05) is 13.1 Å². The van der Waals surface area contributed by atoms with E-state index in [4.69, 9.17) is 11.2 Å². The second-order valence-corrected chi connectivity index (χ2v) is 9.08. The number of piperidine rings is 1. The van der Waals surface area contributed by atoms with Gasteiger partial charge in [-0.25, -0.2) is 8.78 Å². The number of carbonyl (C=O) groups is 2. The number of likely N-dealkylation sites (tertiary alicyclic amines) is 1. The van der Waals surface area contributed by atoms with Crippen LogP contribution in [0.4, 0.5) is 8.78 Å². The van der Waals surface area contributed by atoms with Crippen molar-refractivity contribution in [2.24, 2.45) is 0 Å². The van der Waals surface area contributed by atoms with Crippen molar-refractivity contribution < 1.29 is 23.1 Å². The molecule has 5 rings (SSSR count). The van der Waals surface area contributed by atoms with Crippen molar-refractivity contribution in [3.05, 3.63) is 71.1 Å². The Kier molecular flexibility index (Phi) is 5.53. The molecule has 3 saturated heterocycles. The lowest BCUT2D eigenvalue weighted by molar-refractivity contribution is -0.147. The molecule has 4 aliphatic rings. The summed E-state index contributed by atoms with van der Waals surface area (Å²) in [5.74, 6) is -1.62. The number of hydrogen-bond donors (Lipinski definition) is 0. The second-order valence-electron chi connectivity index (χ2n) is 9.08. The van der Waals surface area contributed by atoms with Crippen LogP contribution in [0.15, 0.2) is 53.9 Å². The zero-order valence-electron chi connectivity index (χ0n) is 18.8. The van der Waals surface area contributed by atoms with Crippen LogP contribution in [0, 0.1) is 24.1 Å². The standard InChI is InChI=1S/C26H25F2N3O3/c1-3-29-11-5-4-6-21(29)17(2)24(32)30-12-9-26(10-13-30)25(33)31-22(7-8-23(31)34-26)18-14-19(27)16-20(28)15-18/h1,4-6,11,14-16,22-23H,7-10,12-13H2,2H3/b21-17+/t22-,23+/m0/s1.